The van der Waals surface area contributed by atoms with Gasteiger partial charge in [-0.05, 0) is 13.1 Å². The van der Waals surface area contributed by atoms with E-state index in [0.717, 1.165) is 13.2 Å². The van der Waals surface area contributed by atoms with Crippen LogP contribution in [0.5, 0.6) is 0 Å². The minimum absolute atomic E-state index is 0.263. The number of imidazole rings is 1. The summed E-state index contributed by atoms with van der Waals surface area (Å²) in [6, 6.07) is -0.863. The molecule has 0 fully saturated rings. The van der Waals surface area contributed by atoms with Crippen LogP contribution in [0, 0.1) is 0 Å². The van der Waals surface area contributed by atoms with Crippen LogP contribution in [-0.2, 0) is 11.2 Å². The number of hydrogen-bond donors (Lipinski definition) is 3. The summed E-state index contributed by atoms with van der Waals surface area (Å²) >= 11 is 0. The van der Waals surface area contributed by atoms with Crippen LogP contribution in [0.3, 0.4) is 0 Å². The van der Waals surface area contributed by atoms with Gasteiger partial charge < -0.3 is 25.6 Å². The lowest BCUT2D eigenvalue weighted by Crippen LogP contribution is -2.32. The Kier molecular flexibility index (Phi) is 6.31. The minimum Gasteiger partial charge on any atom is -0.480 e. The van der Waals surface area contributed by atoms with Crippen molar-refractivity contribution >= 4 is 5.97 Å². The predicted molar refractivity (Wildman–Crippen MR) is 76.3 cm³/mol. The van der Waals surface area contributed by atoms with Gasteiger partial charge in [0.05, 0.1) is 18.7 Å². The Morgan fingerprint density at radius 3 is 2.85 bits per heavy atom. The van der Waals surface area contributed by atoms with Gasteiger partial charge in [0.25, 0.3) is 0 Å². The van der Waals surface area contributed by atoms with E-state index in [1.54, 1.807) is 6.20 Å². The number of nitrogens with zero attached hydrogens (tertiary/aromatic N) is 3. The maximum Gasteiger partial charge on any atom is 0.320 e. The third-order valence-corrected chi connectivity index (χ3v) is 2.76. The zero-order valence-corrected chi connectivity index (χ0v) is 11.6. The van der Waals surface area contributed by atoms with Crippen LogP contribution in [0.4, 0.5) is 0 Å². The summed E-state index contributed by atoms with van der Waals surface area (Å²) in [6.45, 7) is 7.82. The zero-order chi connectivity index (χ0) is 15.0. The van der Waals surface area contributed by atoms with Crippen LogP contribution >= 0.6 is 0 Å². The summed E-state index contributed by atoms with van der Waals surface area (Å²) in [5, 5.41) is 8.42. The van der Waals surface area contributed by atoms with Gasteiger partial charge in [0, 0.05) is 31.6 Å². The Morgan fingerprint density at radius 1 is 1.70 bits per heavy atom. The van der Waals surface area contributed by atoms with Crippen LogP contribution in [0.2, 0.25) is 0 Å². The smallest absolute Gasteiger partial charge is 0.320 e. The highest BCUT2D eigenvalue weighted by Gasteiger charge is 2.12. The lowest BCUT2D eigenvalue weighted by molar-refractivity contribution is -0.138. The summed E-state index contributed by atoms with van der Waals surface area (Å²) in [5.41, 5.74) is 5.92. The van der Waals surface area contributed by atoms with Crippen LogP contribution in [-0.4, -0.2) is 50.1 Å². The van der Waals surface area contributed by atoms with E-state index in [1.165, 1.54) is 6.33 Å². The number of hydrogen-bond acceptors (Lipinski definition) is 5. The maximum atomic E-state index is 10.3. The molecule has 7 nitrogen and oxygen atoms in total. The van der Waals surface area contributed by atoms with Gasteiger partial charge in [-0.2, -0.15) is 0 Å². The standard InChI is InChI=1S/C7H12N2.C6H9N3O2/c1-3-8-5-6-9(4-2)7-8;7-5(6(10)11)1-4-2-8-3-9-4/h3,5-6H,1,4,7H2,2H3;2-3,5H,1,7H2,(H,8,9)(H,10,11)/t;5-/m.0/s1. The molecule has 0 aromatic carbocycles. The van der Waals surface area contributed by atoms with E-state index in [1.807, 2.05) is 17.3 Å². The Balaban J connectivity index is 0.000000204. The molecule has 1 aromatic heterocycles. The third-order valence-electron chi connectivity index (χ3n) is 2.76. The number of carboxylic acid groups (broad SMARTS) is 1. The molecule has 2 rings (SSSR count). The second-order valence-electron chi connectivity index (χ2n) is 4.25. The number of aliphatic carboxylic acids is 1. The van der Waals surface area contributed by atoms with E-state index in [-0.39, 0.29) is 6.42 Å². The molecule has 20 heavy (non-hydrogen) atoms. The number of nitrogens with one attached hydrogen (secondary N) is 1. The number of nitrogens with two attached hydrogens (primary N) is 1. The molecule has 1 aromatic rings. The second-order valence-corrected chi connectivity index (χ2v) is 4.25. The zero-order valence-electron chi connectivity index (χ0n) is 11.6. The maximum absolute atomic E-state index is 10.3. The van der Waals surface area contributed by atoms with Gasteiger partial charge in [0.15, 0.2) is 0 Å². The quantitative estimate of drug-likeness (QED) is 0.728. The highest BCUT2D eigenvalue weighted by Crippen LogP contribution is 2.04. The van der Waals surface area contributed by atoms with Crippen LogP contribution in [0.15, 0.2) is 37.7 Å². The van der Waals surface area contributed by atoms with Gasteiger partial charge >= 0.3 is 5.97 Å². The van der Waals surface area contributed by atoms with Gasteiger partial charge in [-0.25, -0.2) is 4.98 Å². The number of H-pyrrole nitrogens is 1. The SMILES string of the molecule is C=CN1C=CN(CC)C1.N[C@@H](Cc1c[nH]cn1)C(=O)O. The monoisotopic (exact) mass is 279 g/mol. The molecular weight excluding hydrogens is 258 g/mol. The fourth-order valence-electron chi connectivity index (χ4n) is 1.52. The van der Waals surface area contributed by atoms with Gasteiger partial charge in [-0.3, -0.25) is 4.79 Å². The van der Waals surface area contributed by atoms with Crippen LogP contribution in [0.25, 0.3) is 0 Å². The normalized spacial score (nSPS) is 14.7. The van der Waals surface area contributed by atoms with E-state index in [9.17, 15) is 4.79 Å². The second kappa shape index (κ2) is 8.00. The van der Waals surface area contributed by atoms with E-state index in [4.69, 9.17) is 10.8 Å². The average Bonchev–Trinajstić information content (AvgIpc) is 3.09. The Morgan fingerprint density at radius 2 is 2.45 bits per heavy atom. The lowest BCUT2D eigenvalue weighted by Gasteiger charge is -2.15. The number of rotatable bonds is 5. The first-order valence-corrected chi connectivity index (χ1v) is 6.33. The molecule has 0 saturated heterocycles. The van der Waals surface area contributed by atoms with Gasteiger partial charge in [-0.15, -0.1) is 0 Å². The highest BCUT2D eigenvalue weighted by atomic mass is 16.4. The van der Waals surface area contributed by atoms with E-state index < -0.39 is 12.0 Å². The van der Waals surface area contributed by atoms with Crippen LogP contribution in [0.1, 0.15) is 12.6 Å². The molecule has 1 aliphatic heterocycles. The van der Waals surface area contributed by atoms with Gasteiger partial charge in [0.1, 0.15) is 6.04 Å². The van der Waals surface area contributed by atoms with Crippen molar-refractivity contribution in [3.63, 3.8) is 0 Å². The first kappa shape index (κ1) is 15.8. The number of aromatic nitrogens is 2. The molecule has 0 aliphatic carbocycles. The molecule has 2 heterocycles. The molecule has 7 heteroatoms. The topological polar surface area (TPSA) is 98.5 Å². The Labute approximate surface area is 118 Å². The van der Waals surface area contributed by atoms with E-state index in [2.05, 4.69) is 34.6 Å². The number of aromatic amines is 1. The molecule has 1 aliphatic rings. The molecule has 0 bridgehead atoms. The van der Waals surface area contributed by atoms with Crippen molar-refractivity contribution in [3.05, 3.63) is 43.4 Å². The van der Waals surface area contributed by atoms with Crippen molar-refractivity contribution in [1.82, 2.24) is 19.8 Å². The molecule has 0 saturated carbocycles. The third kappa shape index (κ3) is 5.15. The fraction of sp³-hybridized carbons (Fsp3) is 0.385. The Bertz CT molecular complexity index is 444. The minimum atomic E-state index is -1.01. The van der Waals surface area contributed by atoms with Crippen molar-refractivity contribution in [2.45, 2.75) is 19.4 Å². The lowest BCUT2D eigenvalue weighted by atomic mass is 10.2. The molecular formula is C13H21N5O2. The fourth-order valence-corrected chi connectivity index (χ4v) is 1.52. The molecule has 0 radical (unpaired) electrons. The summed E-state index contributed by atoms with van der Waals surface area (Å²) in [5.74, 6) is -1.01. The highest BCUT2D eigenvalue weighted by molar-refractivity contribution is 5.73. The van der Waals surface area contributed by atoms with Crippen molar-refractivity contribution in [2.75, 3.05) is 13.2 Å². The largest absolute Gasteiger partial charge is 0.480 e. The molecule has 0 spiro atoms. The van der Waals surface area contributed by atoms with Crippen molar-refractivity contribution in [3.8, 4) is 0 Å². The van der Waals surface area contributed by atoms with Crippen LogP contribution < -0.4 is 5.73 Å². The molecule has 0 amide bonds. The van der Waals surface area contributed by atoms with E-state index >= 15 is 0 Å². The van der Waals surface area contributed by atoms with Crippen molar-refractivity contribution in [1.29, 1.82) is 0 Å². The van der Waals surface area contributed by atoms with Gasteiger partial charge in [0.2, 0.25) is 0 Å². The average molecular weight is 279 g/mol. The summed E-state index contributed by atoms with van der Waals surface area (Å²) in [7, 11) is 0. The van der Waals surface area contributed by atoms with Crippen molar-refractivity contribution in [2.24, 2.45) is 5.73 Å². The Hall–Kier alpha value is -2.28. The molecule has 4 N–H and O–H groups in total. The first-order chi connectivity index (χ1) is 9.56. The molecule has 110 valence electrons. The summed E-state index contributed by atoms with van der Waals surface area (Å²) < 4.78 is 0. The molecule has 1 atom stereocenters. The predicted octanol–water partition coefficient (Wildman–Crippen LogP) is 0.560. The first-order valence-electron chi connectivity index (χ1n) is 6.33. The van der Waals surface area contributed by atoms with Gasteiger partial charge in [-0.1, -0.05) is 6.58 Å². The van der Waals surface area contributed by atoms with Crippen molar-refractivity contribution < 1.29 is 9.90 Å². The van der Waals surface area contributed by atoms with E-state index in [0.29, 0.717) is 5.69 Å². The number of carboxylic acids is 1. The molecule has 0 unspecified atom stereocenters. The summed E-state index contributed by atoms with van der Waals surface area (Å²) in [6.07, 6.45) is 9.30. The number of carbonyl (C=O) groups is 1. The summed E-state index contributed by atoms with van der Waals surface area (Å²) in [4.78, 5) is 21.1.